The van der Waals surface area contributed by atoms with Gasteiger partial charge in [-0.15, -0.1) is 5.10 Å². The highest BCUT2D eigenvalue weighted by molar-refractivity contribution is 5.69. The summed E-state index contributed by atoms with van der Waals surface area (Å²) in [5.74, 6) is -1.64. The van der Waals surface area contributed by atoms with Crippen LogP contribution in [0.2, 0.25) is 0 Å². The molecular formula is C16H17F3N4O4. The SMILES string of the molecule is CCOC(=O)CCCc1ccc(Cn2cnc(C(F)(F)F)n2)cc1[N+](=O)[O-]. The van der Waals surface area contributed by atoms with Gasteiger partial charge in [0.2, 0.25) is 0 Å². The van der Waals surface area contributed by atoms with Crippen LogP contribution in [0.25, 0.3) is 0 Å². The third-order valence-electron chi connectivity index (χ3n) is 3.61. The number of hydrogen-bond donors (Lipinski definition) is 0. The summed E-state index contributed by atoms with van der Waals surface area (Å²) in [6, 6.07) is 4.39. The zero-order valence-electron chi connectivity index (χ0n) is 14.4. The summed E-state index contributed by atoms with van der Waals surface area (Å²) in [4.78, 5) is 25.2. The van der Waals surface area contributed by atoms with Crippen LogP contribution in [0.1, 0.15) is 36.7 Å². The first-order valence-electron chi connectivity index (χ1n) is 8.09. The summed E-state index contributed by atoms with van der Waals surface area (Å²) >= 11 is 0. The topological polar surface area (TPSA) is 100 Å². The molecule has 0 radical (unpaired) electrons. The lowest BCUT2D eigenvalue weighted by Gasteiger charge is -2.07. The van der Waals surface area contributed by atoms with Gasteiger partial charge in [-0.25, -0.2) is 9.67 Å². The molecule has 0 fully saturated rings. The first kappa shape index (κ1) is 20.3. The number of ether oxygens (including phenoxy) is 1. The summed E-state index contributed by atoms with van der Waals surface area (Å²) < 4.78 is 43.3. The molecule has 0 aliphatic rings. The Kier molecular flexibility index (Phi) is 6.48. The molecule has 11 heteroatoms. The first-order valence-corrected chi connectivity index (χ1v) is 8.09. The molecule has 0 aliphatic carbocycles. The predicted octanol–water partition coefficient (Wildman–Crippen LogP) is 3.14. The van der Waals surface area contributed by atoms with E-state index in [0.717, 1.165) is 11.0 Å². The fourth-order valence-corrected chi connectivity index (χ4v) is 2.43. The number of aryl methyl sites for hydroxylation is 1. The summed E-state index contributed by atoms with van der Waals surface area (Å²) in [5.41, 5.74) is 0.685. The number of carbonyl (C=O) groups excluding carboxylic acids is 1. The molecule has 8 nitrogen and oxygen atoms in total. The number of carbonyl (C=O) groups is 1. The van der Waals surface area contributed by atoms with E-state index < -0.39 is 16.9 Å². The van der Waals surface area contributed by atoms with Crippen molar-refractivity contribution >= 4 is 11.7 Å². The molecular weight excluding hydrogens is 369 g/mol. The largest absolute Gasteiger partial charge is 0.466 e. The summed E-state index contributed by atoms with van der Waals surface area (Å²) in [6.07, 6.45) is -2.90. The second-order valence-corrected chi connectivity index (χ2v) is 5.64. The molecule has 0 bridgehead atoms. The second kappa shape index (κ2) is 8.60. The Morgan fingerprint density at radius 3 is 2.70 bits per heavy atom. The van der Waals surface area contributed by atoms with Gasteiger partial charge in [0.25, 0.3) is 11.5 Å². The van der Waals surface area contributed by atoms with Gasteiger partial charge in [-0.3, -0.25) is 14.9 Å². The van der Waals surface area contributed by atoms with Gasteiger partial charge in [0.05, 0.1) is 18.1 Å². The minimum atomic E-state index is -4.65. The van der Waals surface area contributed by atoms with Gasteiger partial charge in [0.15, 0.2) is 0 Å². The molecule has 1 aromatic carbocycles. The lowest BCUT2D eigenvalue weighted by atomic mass is 10.0. The number of alkyl halides is 3. The molecule has 0 atom stereocenters. The van der Waals surface area contributed by atoms with E-state index in [1.165, 1.54) is 12.1 Å². The molecule has 1 heterocycles. The standard InChI is InChI=1S/C16H17F3N4O4/c1-2-27-14(24)5-3-4-12-7-6-11(8-13(12)23(25)26)9-22-10-20-15(21-22)16(17,18)19/h6-8,10H,2-5,9H2,1H3. The molecule has 0 unspecified atom stereocenters. The molecule has 27 heavy (non-hydrogen) atoms. The number of halogens is 3. The quantitative estimate of drug-likeness (QED) is 0.393. The molecule has 0 aliphatic heterocycles. The van der Waals surface area contributed by atoms with Crippen LogP contribution in [0, 0.1) is 10.1 Å². The molecule has 146 valence electrons. The fraction of sp³-hybridized carbons (Fsp3) is 0.438. The summed E-state index contributed by atoms with van der Waals surface area (Å²) in [7, 11) is 0. The minimum absolute atomic E-state index is 0.0903. The fourth-order valence-electron chi connectivity index (χ4n) is 2.43. The number of nitro groups is 1. The number of nitro benzene ring substituents is 1. The first-order chi connectivity index (χ1) is 12.7. The maximum absolute atomic E-state index is 12.5. The van der Waals surface area contributed by atoms with Crippen molar-refractivity contribution in [2.24, 2.45) is 0 Å². The Bertz CT molecular complexity index is 820. The van der Waals surface area contributed by atoms with Gasteiger partial charge in [-0.2, -0.15) is 13.2 Å². The Balaban J connectivity index is 2.09. The average molecular weight is 386 g/mol. The van der Waals surface area contributed by atoms with E-state index in [-0.39, 0.29) is 31.2 Å². The van der Waals surface area contributed by atoms with Crippen molar-refractivity contribution in [2.45, 2.75) is 38.9 Å². The zero-order chi connectivity index (χ0) is 20.0. The summed E-state index contributed by atoms with van der Waals surface area (Å²) in [6.45, 7) is 1.87. The maximum Gasteiger partial charge on any atom is 0.453 e. The van der Waals surface area contributed by atoms with E-state index in [9.17, 15) is 28.1 Å². The van der Waals surface area contributed by atoms with Gasteiger partial charge in [-0.1, -0.05) is 12.1 Å². The molecule has 0 saturated carbocycles. The van der Waals surface area contributed by atoms with E-state index in [0.29, 0.717) is 24.0 Å². The highest BCUT2D eigenvalue weighted by atomic mass is 19.4. The number of aromatic nitrogens is 3. The summed E-state index contributed by atoms with van der Waals surface area (Å²) in [5, 5.41) is 14.6. The van der Waals surface area contributed by atoms with Crippen molar-refractivity contribution in [3.05, 3.63) is 51.6 Å². The Morgan fingerprint density at radius 1 is 1.37 bits per heavy atom. The molecule has 2 rings (SSSR count). The number of hydrogen-bond acceptors (Lipinski definition) is 6. The van der Waals surface area contributed by atoms with E-state index in [2.05, 4.69) is 10.1 Å². The van der Waals surface area contributed by atoms with E-state index >= 15 is 0 Å². The number of benzene rings is 1. The van der Waals surface area contributed by atoms with Crippen molar-refractivity contribution in [3.8, 4) is 0 Å². The van der Waals surface area contributed by atoms with Crippen molar-refractivity contribution in [2.75, 3.05) is 6.61 Å². The Morgan fingerprint density at radius 2 is 2.11 bits per heavy atom. The highest BCUT2D eigenvalue weighted by Gasteiger charge is 2.35. The normalized spacial score (nSPS) is 11.4. The predicted molar refractivity (Wildman–Crippen MR) is 86.8 cm³/mol. The van der Waals surface area contributed by atoms with Gasteiger partial charge in [-0.05, 0) is 25.3 Å². The monoisotopic (exact) mass is 386 g/mol. The third kappa shape index (κ3) is 5.76. The van der Waals surface area contributed by atoms with Crippen LogP contribution in [0.5, 0.6) is 0 Å². The molecule has 1 aromatic heterocycles. The average Bonchev–Trinajstić information content (AvgIpc) is 3.05. The van der Waals surface area contributed by atoms with Crippen LogP contribution in [-0.2, 0) is 28.7 Å². The van der Waals surface area contributed by atoms with Crippen molar-refractivity contribution < 1.29 is 27.6 Å². The van der Waals surface area contributed by atoms with E-state index in [1.807, 2.05) is 0 Å². The molecule has 2 aromatic rings. The van der Waals surface area contributed by atoms with Crippen LogP contribution in [0.3, 0.4) is 0 Å². The third-order valence-corrected chi connectivity index (χ3v) is 3.61. The number of nitrogens with zero attached hydrogens (tertiary/aromatic N) is 4. The smallest absolute Gasteiger partial charge is 0.453 e. The molecule has 0 saturated heterocycles. The molecule has 0 amide bonds. The van der Waals surface area contributed by atoms with Crippen LogP contribution >= 0.6 is 0 Å². The Hall–Kier alpha value is -2.98. The lowest BCUT2D eigenvalue weighted by Crippen LogP contribution is -2.09. The highest BCUT2D eigenvalue weighted by Crippen LogP contribution is 2.26. The van der Waals surface area contributed by atoms with Crippen molar-refractivity contribution in [1.29, 1.82) is 0 Å². The van der Waals surface area contributed by atoms with Crippen LogP contribution in [0.4, 0.5) is 18.9 Å². The van der Waals surface area contributed by atoms with Gasteiger partial charge >= 0.3 is 12.1 Å². The zero-order valence-corrected chi connectivity index (χ0v) is 14.4. The van der Waals surface area contributed by atoms with Crippen LogP contribution in [0.15, 0.2) is 24.5 Å². The molecule has 0 N–H and O–H groups in total. The van der Waals surface area contributed by atoms with E-state index in [4.69, 9.17) is 4.74 Å². The number of rotatable bonds is 8. The molecule has 0 spiro atoms. The van der Waals surface area contributed by atoms with Gasteiger partial charge < -0.3 is 4.74 Å². The van der Waals surface area contributed by atoms with Gasteiger partial charge in [0, 0.05) is 18.1 Å². The number of esters is 1. The van der Waals surface area contributed by atoms with Crippen LogP contribution < -0.4 is 0 Å². The maximum atomic E-state index is 12.5. The van der Waals surface area contributed by atoms with Crippen molar-refractivity contribution in [1.82, 2.24) is 14.8 Å². The van der Waals surface area contributed by atoms with Crippen LogP contribution in [-0.4, -0.2) is 32.3 Å². The lowest BCUT2D eigenvalue weighted by molar-refractivity contribution is -0.385. The van der Waals surface area contributed by atoms with Crippen molar-refractivity contribution in [3.63, 3.8) is 0 Å². The Labute approximate surface area is 152 Å². The minimum Gasteiger partial charge on any atom is -0.466 e. The second-order valence-electron chi connectivity index (χ2n) is 5.64. The van der Waals surface area contributed by atoms with E-state index in [1.54, 1.807) is 13.0 Å². The van der Waals surface area contributed by atoms with Gasteiger partial charge in [0.1, 0.15) is 6.33 Å².